The van der Waals surface area contributed by atoms with E-state index in [1.54, 1.807) is 19.0 Å². The smallest absolute Gasteiger partial charge is 0.265 e. The molecule has 48 heavy (non-hydrogen) atoms. The summed E-state index contributed by atoms with van der Waals surface area (Å²) in [6.45, 7) is 11.9. The van der Waals surface area contributed by atoms with E-state index in [-0.39, 0.29) is 71.1 Å². The van der Waals surface area contributed by atoms with Crippen molar-refractivity contribution >= 4 is 27.5 Å². The number of hydrogen-bond donors (Lipinski definition) is 2. The van der Waals surface area contributed by atoms with E-state index in [1.807, 2.05) is 25.8 Å². The Kier molecular flexibility index (Phi) is 10.5. The van der Waals surface area contributed by atoms with E-state index < -0.39 is 46.6 Å². The summed E-state index contributed by atoms with van der Waals surface area (Å²) in [4.78, 5) is 32.6. The standard InChI is InChI=1S/C36H49BrFN3O7/c1-9-11-13-46-30-24-20(27(38)21(26(30)37)17-41(8)18-35(3,4)5)15-19-16-22-28(40(6)7)31-25(34(39-48-31)47-14-12-10-2)33(44)36(22,45)32(43)23(19)29(24)42/h19,22,28,43,45H,9-18H2,1-8H3/t19-,22-,28-,36-/m0/s1. The molecule has 0 amide bonds. The van der Waals surface area contributed by atoms with Crippen LogP contribution in [0.5, 0.6) is 11.6 Å². The molecule has 1 aromatic heterocycles. The minimum atomic E-state index is -2.45. The fraction of sp³-hybridized carbons (Fsp3) is 0.639. The monoisotopic (exact) mass is 733 g/mol. The lowest BCUT2D eigenvalue weighted by molar-refractivity contribution is -0.0559. The molecule has 5 rings (SSSR count). The summed E-state index contributed by atoms with van der Waals surface area (Å²) in [7, 11) is 5.49. The Labute approximate surface area is 290 Å². The van der Waals surface area contributed by atoms with Crippen molar-refractivity contribution in [3.8, 4) is 11.6 Å². The van der Waals surface area contributed by atoms with Crippen LogP contribution in [0.3, 0.4) is 0 Å². The van der Waals surface area contributed by atoms with Crippen LogP contribution < -0.4 is 9.47 Å². The summed E-state index contributed by atoms with van der Waals surface area (Å²) >= 11 is 3.59. The summed E-state index contributed by atoms with van der Waals surface area (Å²) in [5.74, 6) is -3.89. The van der Waals surface area contributed by atoms with Crippen molar-refractivity contribution in [1.29, 1.82) is 0 Å². The molecule has 1 aromatic carbocycles. The normalized spacial score (nSPS) is 23.7. The summed E-state index contributed by atoms with van der Waals surface area (Å²) in [6, 6.07) is -0.691. The van der Waals surface area contributed by atoms with Crippen LogP contribution in [0.2, 0.25) is 0 Å². The van der Waals surface area contributed by atoms with Gasteiger partial charge in [0, 0.05) is 35.7 Å². The second-order valence-corrected chi connectivity index (χ2v) is 15.8. The van der Waals surface area contributed by atoms with E-state index in [4.69, 9.17) is 14.0 Å². The van der Waals surface area contributed by atoms with E-state index in [0.29, 0.717) is 36.0 Å². The Hall–Kier alpha value is -2.80. The molecule has 0 saturated carbocycles. The number of carbonyl (C=O) groups is 2. The average Bonchev–Trinajstić information content (AvgIpc) is 3.41. The zero-order chi connectivity index (χ0) is 35.3. The number of Topliss-reactive ketones (excluding diaryl/α,β-unsaturated/α-hetero) is 2. The summed E-state index contributed by atoms with van der Waals surface area (Å²) in [5, 5.41) is 28.3. The zero-order valence-electron chi connectivity index (χ0n) is 29.3. The van der Waals surface area contributed by atoms with Crippen LogP contribution in [0.25, 0.3) is 0 Å². The van der Waals surface area contributed by atoms with Crippen molar-refractivity contribution < 1.29 is 38.2 Å². The molecule has 0 spiro atoms. The maximum atomic E-state index is 16.7. The molecule has 0 aliphatic heterocycles. The zero-order valence-corrected chi connectivity index (χ0v) is 30.9. The first-order chi connectivity index (χ1) is 22.6. The molecule has 0 unspecified atom stereocenters. The predicted octanol–water partition coefficient (Wildman–Crippen LogP) is 6.83. The Morgan fingerprint density at radius 3 is 2.33 bits per heavy atom. The van der Waals surface area contributed by atoms with Crippen LogP contribution in [0.1, 0.15) is 110 Å². The first-order valence-corrected chi connectivity index (χ1v) is 17.8. The van der Waals surface area contributed by atoms with Gasteiger partial charge in [-0.15, -0.1) is 0 Å². The number of ketones is 2. The average molecular weight is 735 g/mol. The van der Waals surface area contributed by atoms with Crippen molar-refractivity contribution in [1.82, 2.24) is 15.0 Å². The van der Waals surface area contributed by atoms with Crippen LogP contribution in [0, 0.1) is 23.1 Å². The highest BCUT2D eigenvalue weighted by Crippen LogP contribution is 2.57. The molecule has 2 aromatic rings. The van der Waals surface area contributed by atoms with Gasteiger partial charge in [0.15, 0.2) is 17.1 Å². The van der Waals surface area contributed by atoms with Gasteiger partial charge in [-0.25, -0.2) is 4.39 Å². The fourth-order valence-electron chi connectivity index (χ4n) is 7.67. The van der Waals surface area contributed by atoms with Crippen LogP contribution in [-0.4, -0.2) is 83.2 Å². The van der Waals surface area contributed by atoms with Crippen LogP contribution in [-0.2, 0) is 13.0 Å². The molecule has 3 aliphatic carbocycles. The van der Waals surface area contributed by atoms with E-state index in [0.717, 1.165) is 12.8 Å². The maximum absolute atomic E-state index is 16.7. The second-order valence-electron chi connectivity index (χ2n) is 15.0. The molecule has 10 nitrogen and oxygen atoms in total. The van der Waals surface area contributed by atoms with Gasteiger partial charge >= 0.3 is 0 Å². The lowest BCUT2D eigenvalue weighted by atomic mass is 9.58. The van der Waals surface area contributed by atoms with Crippen molar-refractivity contribution in [2.75, 3.05) is 40.9 Å². The highest BCUT2D eigenvalue weighted by atomic mass is 79.9. The molecule has 4 atom stereocenters. The number of rotatable bonds is 12. The number of ether oxygens (including phenoxy) is 2. The van der Waals surface area contributed by atoms with Gasteiger partial charge in [-0.05, 0) is 79.2 Å². The van der Waals surface area contributed by atoms with Gasteiger partial charge in [-0.3, -0.25) is 14.5 Å². The molecule has 0 fully saturated rings. The first-order valence-electron chi connectivity index (χ1n) is 17.0. The number of allylic oxidation sites excluding steroid dienone is 1. The lowest BCUT2D eigenvalue weighted by Gasteiger charge is -2.49. The third kappa shape index (κ3) is 6.22. The molecular formula is C36H49BrFN3O7. The second kappa shape index (κ2) is 13.8. The highest BCUT2D eigenvalue weighted by molar-refractivity contribution is 9.10. The highest BCUT2D eigenvalue weighted by Gasteiger charge is 2.64. The van der Waals surface area contributed by atoms with Crippen LogP contribution in [0.15, 0.2) is 20.3 Å². The number of aromatic nitrogens is 1. The molecular weight excluding hydrogens is 685 g/mol. The predicted molar refractivity (Wildman–Crippen MR) is 182 cm³/mol. The molecule has 0 saturated heterocycles. The molecule has 264 valence electrons. The van der Waals surface area contributed by atoms with E-state index in [2.05, 4.69) is 41.9 Å². The number of hydrogen-bond acceptors (Lipinski definition) is 10. The van der Waals surface area contributed by atoms with Gasteiger partial charge in [-0.1, -0.05) is 47.5 Å². The quantitative estimate of drug-likeness (QED) is 0.224. The molecule has 1 heterocycles. The molecule has 3 aliphatic rings. The van der Waals surface area contributed by atoms with Gasteiger partial charge < -0.3 is 29.1 Å². The number of carbonyl (C=O) groups excluding carboxylic acids is 2. The van der Waals surface area contributed by atoms with E-state index >= 15 is 4.39 Å². The summed E-state index contributed by atoms with van der Waals surface area (Å²) in [5.41, 5.74) is -1.99. The van der Waals surface area contributed by atoms with Gasteiger partial charge in [0.25, 0.3) is 5.88 Å². The SMILES string of the molecule is CCCCOc1noc2c1C(=O)[C@@]1(O)C(O)=C3C(=O)c4c(c(F)c(CN(C)CC(C)(C)C)c(Br)c4OCCCC)C[C@H]3C[C@H]1[C@@H]2N(C)C. The number of unbranched alkanes of at least 4 members (excludes halogenated alkanes) is 2. The Morgan fingerprint density at radius 2 is 1.73 bits per heavy atom. The number of benzene rings is 1. The number of nitrogens with zero attached hydrogens (tertiary/aromatic N) is 3. The molecule has 0 bridgehead atoms. The summed E-state index contributed by atoms with van der Waals surface area (Å²) < 4.78 is 34.7. The van der Waals surface area contributed by atoms with Gasteiger partial charge in [0.05, 0.1) is 29.3 Å². The fourth-order valence-corrected chi connectivity index (χ4v) is 8.28. The minimum Gasteiger partial charge on any atom is -0.508 e. The molecule has 2 N–H and O–H groups in total. The number of fused-ring (bicyclic) bond motifs is 4. The van der Waals surface area contributed by atoms with E-state index in [9.17, 15) is 19.8 Å². The van der Waals surface area contributed by atoms with Crippen molar-refractivity contribution in [3.05, 3.63) is 49.6 Å². The Bertz CT molecular complexity index is 1610. The van der Waals surface area contributed by atoms with E-state index in [1.165, 1.54) is 0 Å². The third-order valence-electron chi connectivity index (χ3n) is 9.66. The third-order valence-corrected chi connectivity index (χ3v) is 10.5. The Morgan fingerprint density at radius 1 is 1.08 bits per heavy atom. The lowest BCUT2D eigenvalue weighted by Crippen LogP contribution is -2.59. The van der Waals surface area contributed by atoms with Crippen LogP contribution in [0.4, 0.5) is 4.39 Å². The maximum Gasteiger partial charge on any atom is 0.265 e. The number of aliphatic hydroxyl groups excluding tert-OH is 1. The topological polar surface area (TPSA) is 126 Å². The van der Waals surface area contributed by atoms with Gasteiger partial charge in [0.1, 0.15) is 22.9 Å². The van der Waals surface area contributed by atoms with Gasteiger partial charge in [0.2, 0.25) is 5.78 Å². The van der Waals surface area contributed by atoms with Crippen LogP contribution >= 0.6 is 15.9 Å². The van der Waals surface area contributed by atoms with Gasteiger partial charge in [-0.2, -0.15) is 0 Å². The summed E-state index contributed by atoms with van der Waals surface area (Å²) in [6.07, 6.45) is 3.33. The Balaban J connectivity index is 1.65. The molecule has 0 radical (unpaired) electrons. The number of aliphatic hydroxyl groups is 2. The molecule has 12 heteroatoms. The first kappa shape index (κ1) is 36.5. The number of halogens is 2. The van der Waals surface area contributed by atoms with Crippen molar-refractivity contribution in [3.63, 3.8) is 0 Å². The minimum absolute atomic E-state index is 0.0132. The van der Waals surface area contributed by atoms with Crippen molar-refractivity contribution in [2.45, 2.75) is 91.3 Å². The largest absolute Gasteiger partial charge is 0.508 e. The van der Waals surface area contributed by atoms with Crippen molar-refractivity contribution in [2.24, 2.45) is 17.3 Å².